The molecular formula is C23H38FN5O2. The Kier molecular flexibility index (Phi) is 8.95. The molecule has 31 heavy (non-hydrogen) atoms. The molecule has 1 atom stereocenters. The van der Waals surface area contributed by atoms with Gasteiger partial charge in [0, 0.05) is 51.5 Å². The van der Waals surface area contributed by atoms with E-state index in [2.05, 4.69) is 20.5 Å². The molecule has 1 saturated heterocycles. The highest BCUT2D eigenvalue weighted by atomic mass is 19.1. The Labute approximate surface area is 186 Å². The van der Waals surface area contributed by atoms with Crippen molar-refractivity contribution in [1.82, 2.24) is 15.5 Å². The Hall–Kier alpha value is -2.51. The van der Waals surface area contributed by atoms with Crippen LogP contribution in [0.4, 0.5) is 14.9 Å². The van der Waals surface area contributed by atoms with E-state index in [1.165, 1.54) is 6.07 Å². The SMILES string of the molecule is CN=C(NCCC(C)N(C)C(=O)OC(C)(C)C)NC1CCN(c2cccc(F)c2)CC1. The van der Waals surface area contributed by atoms with E-state index in [9.17, 15) is 9.18 Å². The van der Waals surface area contributed by atoms with E-state index in [0.29, 0.717) is 12.6 Å². The van der Waals surface area contributed by atoms with Gasteiger partial charge in [0.15, 0.2) is 5.96 Å². The summed E-state index contributed by atoms with van der Waals surface area (Å²) < 4.78 is 18.9. The number of carbonyl (C=O) groups is 1. The molecule has 0 saturated carbocycles. The highest BCUT2D eigenvalue weighted by molar-refractivity contribution is 5.80. The fourth-order valence-corrected chi connectivity index (χ4v) is 3.45. The number of nitrogens with one attached hydrogen (secondary N) is 2. The average molecular weight is 436 g/mol. The second-order valence-corrected chi connectivity index (χ2v) is 9.11. The smallest absolute Gasteiger partial charge is 0.410 e. The van der Waals surface area contributed by atoms with Crippen LogP contribution in [0.15, 0.2) is 29.3 Å². The summed E-state index contributed by atoms with van der Waals surface area (Å²) in [6, 6.07) is 7.12. The minimum absolute atomic E-state index is 0.0370. The van der Waals surface area contributed by atoms with E-state index in [1.807, 2.05) is 33.8 Å². The maximum Gasteiger partial charge on any atom is 0.410 e. The lowest BCUT2D eigenvalue weighted by molar-refractivity contribution is 0.0230. The monoisotopic (exact) mass is 435 g/mol. The number of carbonyl (C=O) groups excluding carboxylic acids is 1. The van der Waals surface area contributed by atoms with Crippen molar-refractivity contribution in [2.75, 3.05) is 38.6 Å². The fourth-order valence-electron chi connectivity index (χ4n) is 3.45. The summed E-state index contributed by atoms with van der Waals surface area (Å²) in [7, 11) is 3.52. The third-order valence-electron chi connectivity index (χ3n) is 5.43. The fraction of sp³-hybridized carbons (Fsp3) is 0.652. The zero-order valence-electron chi connectivity index (χ0n) is 19.7. The van der Waals surface area contributed by atoms with E-state index >= 15 is 0 Å². The van der Waals surface area contributed by atoms with Crippen molar-refractivity contribution in [3.8, 4) is 0 Å². The van der Waals surface area contributed by atoms with E-state index in [4.69, 9.17) is 4.74 Å². The third-order valence-corrected chi connectivity index (χ3v) is 5.43. The van der Waals surface area contributed by atoms with Crippen LogP contribution in [0.1, 0.15) is 47.0 Å². The predicted molar refractivity (Wildman–Crippen MR) is 124 cm³/mol. The normalized spacial score (nSPS) is 16.6. The summed E-state index contributed by atoms with van der Waals surface area (Å²) >= 11 is 0. The average Bonchev–Trinajstić information content (AvgIpc) is 2.71. The quantitative estimate of drug-likeness (QED) is 0.528. The lowest BCUT2D eigenvalue weighted by atomic mass is 10.0. The Morgan fingerprint density at radius 1 is 1.35 bits per heavy atom. The molecule has 2 rings (SSSR count). The van der Waals surface area contributed by atoms with Crippen LogP contribution in [0.3, 0.4) is 0 Å². The van der Waals surface area contributed by atoms with E-state index in [1.54, 1.807) is 31.1 Å². The molecular weight excluding hydrogens is 397 g/mol. The number of hydrogen-bond acceptors (Lipinski definition) is 4. The van der Waals surface area contributed by atoms with Crippen molar-refractivity contribution in [2.24, 2.45) is 4.99 Å². The Balaban J connectivity index is 1.72. The van der Waals surface area contributed by atoms with Crippen LogP contribution in [0.25, 0.3) is 0 Å². The molecule has 1 heterocycles. The number of piperidine rings is 1. The Morgan fingerprint density at radius 2 is 2.03 bits per heavy atom. The number of rotatable bonds is 6. The molecule has 7 nitrogen and oxygen atoms in total. The van der Waals surface area contributed by atoms with Crippen LogP contribution in [0.5, 0.6) is 0 Å². The summed E-state index contributed by atoms with van der Waals surface area (Å²) in [5.41, 5.74) is 0.434. The standard InChI is InChI=1S/C23H38FN5O2/c1-17(28(6)22(30)31-23(2,3)4)10-13-26-21(25-5)27-19-11-14-29(15-12-19)20-9-7-8-18(24)16-20/h7-9,16-17,19H,10-15H2,1-6H3,(H2,25,26,27). The number of anilines is 1. The van der Waals surface area contributed by atoms with Crippen LogP contribution < -0.4 is 15.5 Å². The van der Waals surface area contributed by atoms with Crippen molar-refractivity contribution in [1.29, 1.82) is 0 Å². The van der Waals surface area contributed by atoms with Crippen LogP contribution in [-0.4, -0.2) is 68.4 Å². The van der Waals surface area contributed by atoms with Crippen LogP contribution in [-0.2, 0) is 4.74 Å². The van der Waals surface area contributed by atoms with Gasteiger partial charge in [-0.15, -0.1) is 0 Å². The van der Waals surface area contributed by atoms with Gasteiger partial charge >= 0.3 is 6.09 Å². The van der Waals surface area contributed by atoms with Gasteiger partial charge in [0.2, 0.25) is 0 Å². The highest BCUT2D eigenvalue weighted by Crippen LogP contribution is 2.20. The number of benzene rings is 1. The number of guanidine groups is 1. The zero-order chi connectivity index (χ0) is 23.0. The van der Waals surface area contributed by atoms with Crippen LogP contribution in [0, 0.1) is 5.82 Å². The molecule has 0 spiro atoms. The summed E-state index contributed by atoms with van der Waals surface area (Å²) in [5, 5.41) is 6.82. The number of ether oxygens (including phenoxy) is 1. The summed E-state index contributed by atoms with van der Waals surface area (Å²) in [4.78, 5) is 20.4. The zero-order valence-corrected chi connectivity index (χ0v) is 19.7. The number of halogens is 1. The van der Waals surface area contributed by atoms with Gasteiger partial charge < -0.3 is 25.2 Å². The van der Waals surface area contributed by atoms with E-state index < -0.39 is 5.60 Å². The molecule has 1 aliphatic rings. The predicted octanol–water partition coefficient (Wildman–Crippen LogP) is 3.61. The lowest BCUT2D eigenvalue weighted by Crippen LogP contribution is -2.49. The minimum atomic E-state index is -0.500. The largest absolute Gasteiger partial charge is 0.444 e. The molecule has 2 N–H and O–H groups in total. The minimum Gasteiger partial charge on any atom is -0.444 e. The second kappa shape index (κ2) is 11.2. The second-order valence-electron chi connectivity index (χ2n) is 9.11. The molecule has 0 aliphatic carbocycles. The summed E-state index contributed by atoms with van der Waals surface area (Å²) in [6.45, 7) is 10.0. The molecule has 1 unspecified atom stereocenters. The van der Waals surface area contributed by atoms with E-state index in [0.717, 1.165) is 44.0 Å². The van der Waals surface area contributed by atoms with Crippen LogP contribution in [0.2, 0.25) is 0 Å². The maximum atomic E-state index is 13.5. The van der Waals surface area contributed by atoms with Gasteiger partial charge in [-0.2, -0.15) is 0 Å². The topological polar surface area (TPSA) is 69.2 Å². The van der Waals surface area contributed by atoms with Gasteiger partial charge in [-0.3, -0.25) is 4.99 Å². The lowest BCUT2D eigenvalue weighted by Gasteiger charge is -2.34. The van der Waals surface area contributed by atoms with E-state index in [-0.39, 0.29) is 18.0 Å². The molecule has 1 fully saturated rings. The first-order chi connectivity index (χ1) is 14.6. The molecule has 1 aromatic rings. The van der Waals surface area contributed by atoms with Crippen molar-refractivity contribution in [3.63, 3.8) is 0 Å². The number of hydrogen-bond donors (Lipinski definition) is 2. The molecule has 8 heteroatoms. The van der Waals surface area contributed by atoms with Gasteiger partial charge in [0.05, 0.1) is 0 Å². The Bertz CT molecular complexity index is 742. The molecule has 1 aliphatic heterocycles. The van der Waals surface area contributed by atoms with Gasteiger partial charge in [-0.1, -0.05) is 6.07 Å². The maximum absolute atomic E-state index is 13.5. The Morgan fingerprint density at radius 3 is 2.61 bits per heavy atom. The van der Waals surface area contributed by atoms with Gasteiger partial charge in [-0.05, 0) is 65.2 Å². The van der Waals surface area contributed by atoms with Crippen molar-refractivity contribution >= 4 is 17.7 Å². The first-order valence-corrected chi connectivity index (χ1v) is 11.0. The van der Waals surface area contributed by atoms with Crippen LogP contribution >= 0.6 is 0 Å². The highest BCUT2D eigenvalue weighted by Gasteiger charge is 2.23. The van der Waals surface area contributed by atoms with Gasteiger partial charge in [-0.25, -0.2) is 9.18 Å². The number of amides is 1. The molecule has 0 radical (unpaired) electrons. The number of nitrogens with zero attached hydrogens (tertiary/aromatic N) is 3. The summed E-state index contributed by atoms with van der Waals surface area (Å²) in [6.07, 6.45) is 2.37. The van der Waals surface area contributed by atoms with Crippen molar-refractivity contribution < 1.29 is 13.9 Å². The third kappa shape index (κ3) is 8.26. The molecule has 0 aromatic heterocycles. The molecule has 1 aromatic carbocycles. The molecule has 1 amide bonds. The summed E-state index contributed by atoms with van der Waals surface area (Å²) in [5.74, 6) is 0.560. The van der Waals surface area contributed by atoms with Gasteiger partial charge in [0.1, 0.15) is 11.4 Å². The number of aliphatic imine (C=N–C) groups is 1. The molecule has 174 valence electrons. The van der Waals surface area contributed by atoms with Gasteiger partial charge in [0.25, 0.3) is 0 Å². The molecule has 0 bridgehead atoms. The first kappa shape index (κ1) is 24.8. The van der Waals surface area contributed by atoms with Crippen molar-refractivity contribution in [3.05, 3.63) is 30.1 Å². The first-order valence-electron chi connectivity index (χ1n) is 11.0. The van der Waals surface area contributed by atoms with Crippen molar-refractivity contribution in [2.45, 2.75) is 64.6 Å².